The summed E-state index contributed by atoms with van der Waals surface area (Å²) in [4.78, 5) is 0. The van der Waals surface area contributed by atoms with E-state index >= 15 is 0 Å². The van der Waals surface area contributed by atoms with Gasteiger partial charge in [-0.2, -0.15) is 0 Å². The molecule has 1 heteroatoms. The van der Waals surface area contributed by atoms with E-state index in [4.69, 9.17) is 0 Å². The fourth-order valence-electron chi connectivity index (χ4n) is 3.60. The SMILES string of the molecule is Oc1ccc2c(c1)cc1c3c(cccc32)-c2ccccc2-1. The van der Waals surface area contributed by atoms with Crippen LogP contribution in [0.4, 0.5) is 0 Å². The maximum absolute atomic E-state index is 9.77. The molecule has 21 heavy (non-hydrogen) atoms. The standard InChI is InChI=1S/C20H12O/c21-13-8-9-14-12(10-13)11-19-16-5-2-1-4-15(16)18-7-3-6-17(14)20(18)19/h1-11,21H. The Balaban J connectivity index is 2.09. The minimum Gasteiger partial charge on any atom is -0.508 e. The van der Waals surface area contributed by atoms with E-state index in [1.54, 1.807) is 6.07 Å². The highest BCUT2D eigenvalue weighted by atomic mass is 16.3. The van der Waals surface area contributed by atoms with Crippen molar-refractivity contribution in [3.8, 4) is 28.0 Å². The van der Waals surface area contributed by atoms with Crippen molar-refractivity contribution in [2.75, 3.05) is 0 Å². The molecule has 0 fully saturated rings. The molecule has 98 valence electrons. The Morgan fingerprint density at radius 3 is 2.19 bits per heavy atom. The van der Waals surface area contributed by atoms with E-state index < -0.39 is 0 Å². The van der Waals surface area contributed by atoms with Gasteiger partial charge in [-0.15, -0.1) is 0 Å². The Morgan fingerprint density at radius 1 is 0.571 bits per heavy atom. The molecule has 0 saturated heterocycles. The molecule has 0 heterocycles. The number of rotatable bonds is 0. The third kappa shape index (κ3) is 1.30. The molecular weight excluding hydrogens is 256 g/mol. The summed E-state index contributed by atoms with van der Waals surface area (Å²) in [6.07, 6.45) is 0. The van der Waals surface area contributed by atoms with Gasteiger partial charge in [-0.1, -0.05) is 48.5 Å². The summed E-state index contributed by atoms with van der Waals surface area (Å²) in [5.41, 5.74) is 5.17. The number of benzene rings is 4. The Labute approximate surface area is 122 Å². The van der Waals surface area contributed by atoms with E-state index in [1.807, 2.05) is 12.1 Å². The predicted molar refractivity (Wildman–Crippen MR) is 87.5 cm³/mol. The van der Waals surface area contributed by atoms with E-state index in [9.17, 15) is 5.11 Å². The molecule has 0 aliphatic heterocycles. The highest BCUT2D eigenvalue weighted by molar-refractivity contribution is 6.23. The lowest BCUT2D eigenvalue weighted by Crippen LogP contribution is -1.80. The molecule has 1 N–H and O–H groups in total. The Hall–Kier alpha value is -2.80. The van der Waals surface area contributed by atoms with Crippen LogP contribution in [-0.2, 0) is 0 Å². The number of hydrogen-bond donors (Lipinski definition) is 1. The molecule has 5 rings (SSSR count). The van der Waals surface area contributed by atoms with Gasteiger partial charge in [0.05, 0.1) is 0 Å². The smallest absolute Gasteiger partial charge is 0.116 e. The first-order chi connectivity index (χ1) is 10.3. The number of aromatic hydroxyl groups is 1. The zero-order valence-electron chi connectivity index (χ0n) is 11.3. The number of phenols is 1. The van der Waals surface area contributed by atoms with Crippen LogP contribution >= 0.6 is 0 Å². The Bertz CT molecular complexity index is 1040. The molecule has 0 aromatic heterocycles. The van der Waals surface area contributed by atoms with Gasteiger partial charge in [-0.3, -0.25) is 0 Å². The van der Waals surface area contributed by atoms with Crippen molar-refractivity contribution in [3.05, 3.63) is 66.7 Å². The second-order valence-corrected chi connectivity index (χ2v) is 5.60. The lowest BCUT2D eigenvalue weighted by Gasteiger charge is -2.07. The van der Waals surface area contributed by atoms with Crippen molar-refractivity contribution in [1.29, 1.82) is 0 Å². The second-order valence-electron chi connectivity index (χ2n) is 5.60. The average molecular weight is 268 g/mol. The molecule has 0 atom stereocenters. The molecule has 4 aromatic rings. The summed E-state index contributed by atoms with van der Waals surface area (Å²) in [5.74, 6) is 0.316. The first-order valence-electron chi connectivity index (χ1n) is 7.11. The van der Waals surface area contributed by atoms with Crippen molar-refractivity contribution in [1.82, 2.24) is 0 Å². The highest BCUT2D eigenvalue weighted by Crippen LogP contribution is 2.49. The van der Waals surface area contributed by atoms with E-state index in [0.29, 0.717) is 5.75 Å². The molecule has 1 aliphatic carbocycles. The minimum atomic E-state index is 0.316. The molecule has 0 radical (unpaired) electrons. The zero-order chi connectivity index (χ0) is 14.0. The van der Waals surface area contributed by atoms with Crippen molar-refractivity contribution >= 4 is 21.5 Å². The molecule has 0 spiro atoms. The molecule has 4 aromatic carbocycles. The Morgan fingerprint density at radius 2 is 1.33 bits per heavy atom. The quantitative estimate of drug-likeness (QED) is 0.375. The van der Waals surface area contributed by atoms with Crippen molar-refractivity contribution in [3.63, 3.8) is 0 Å². The van der Waals surface area contributed by atoms with Crippen LogP contribution in [0.5, 0.6) is 5.75 Å². The molecule has 1 aliphatic rings. The van der Waals surface area contributed by atoms with Gasteiger partial charge in [0.1, 0.15) is 5.75 Å². The van der Waals surface area contributed by atoms with Gasteiger partial charge < -0.3 is 5.11 Å². The maximum Gasteiger partial charge on any atom is 0.116 e. The largest absolute Gasteiger partial charge is 0.508 e. The van der Waals surface area contributed by atoms with Crippen LogP contribution in [0.3, 0.4) is 0 Å². The summed E-state index contributed by atoms with van der Waals surface area (Å²) in [6.45, 7) is 0. The molecule has 0 bridgehead atoms. The molecular formula is C20H12O. The van der Waals surface area contributed by atoms with Gasteiger partial charge in [0.2, 0.25) is 0 Å². The first-order valence-corrected chi connectivity index (χ1v) is 7.11. The van der Waals surface area contributed by atoms with E-state index in [1.165, 1.54) is 38.4 Å². The number of fused-ring (bicyclic) bond motifs is 5. The van der Waals surface area contributed by atoms with Crippen LogP contribution in [0.25, 0.3) is 43.8 Å². The molecule has 1 nitrogen and oxygen atoms in total. The van der Waals surface area contributed by atoms with Gasteiger partial charge in [-0.05, 0) is 62.0 Å². The first kappa shape index (κ1) is 10.9. The van der Waals surface area contributed by atoms with Crippen LogP contribution in [0.2, 0.25) is 0 Å². The van der Waals surface area contributed by atoms with E-state index in [-0.39, 0.29) is 0 Å². The van der Waals surface area contributed by atoms with Gasteiger partial charge in [0, 0.05) is 0 Å². The van der Waals surface area contributed by atoms with Crippen LogP contribution in [0, 0.1) is 0 Å². The van der Waals surface area contributed by atoms with Crippen LogP contribution in [0.1, 0.15) is 0 Å². The monoisotopic (exact) mass is 268 g/mol. The fourth-order valence-corrected chi connectivity index (χ4v) is 3.60. The predicted octanol–water partition coefficient (Wildman–Crippen LogP) is 5.35. The fraction of sp³-hybridized carbons (Fsp3) is 0. The van der Waals surface area contributed by atoms with E-state index in [0.717, 1.165) is 5.39 Å². The van der Waals surface area contributed by atoms with Crippen LogP contribution in [0.15, 0.2) is 66.7 Å². The van der Waals surface area contributed by atoms with Crippen molar-refractivity contribution in [2.45, 2.75) is 0 Å². The maximum atomic E-state index is 9.77. The van der Waals surface area contributed by atoms with Gasteiger partial charge in [-0.25, -0.2) is 0 Å². The molecule has 0 amide bonds. The summed E-state index contributed by atoms with van der Waals surface area (Å²) < 4.78 is 0. The summed E-state index contributed by atoms with van der Waals surface area (Å²) in [6, 6.07) is 22.9. The summed E-state index contributed by atoms with van der Waals surface area (Å²) in [5, 5.41) is 14.6. The number of hydrogen-bond acceptors (Lipinski definition) is 1. The van der Waals surface area contributed by atoms with Gasteiger partial charge >= 0.3 is 0 Å². The van der Waals surface area contributed by atoms with Crippen molar-refractivity contribution in [2.24, 2.45) is 0 Å². The highest BCUT2D eigenvalue weighted by Gasteiger charge is 2.21. The van der Waals surface area contributed by atoms with E-state index in [2.05, 4.69) is 48.5 Å². The summed E-state index contributed by atoms with van der Waals surface area (Å²) in [7, 11) is 0. The molecule has 0 saturated carbocycles. The van der Waals surface area contributed by atoms with Crippen LogP contribution in [-0.4, -0.2) is 5.11 Å². The number of phenolic OH excluding ortho intramolecular Hbond substituents is 1. The average Bonchev–Trinajstić information content (AvgIpc) is 2.83. The summed E-state index contributed by atoms with van der Waals surface area (Å²) >= 11 is 0. The second kappa shape index (κ2) is 3.64. The van der Waals surface area contributed by atoms with Gasteiger partial charge in [0.25, 0.3) is 0 Å². The van der Waals surface area contributed by atoms with Crippen LogP contribution < -0.4 is 0 Å². The third-order valence-electron chi connectivity index (χ3n) is 4.47. The van der Waals surface area contributed by atoms with Crippen molar-refractivity contribution < 1.29 is 5.11 Å². The lowest BCUT2D eigenvalue weighted by molar-refractivity contribution is 0.476. The normalized spacial score (nSPS) is 12.0. The lowest BCUT2D eigenvalue weighted by atomic mass is 9.96. The van der Waals surface area contributed by atoms with Gasteiger partial charge in [0.15, 0.2) is 0 Å². The third-order valence-corrected chi connectivity index (χ3v) is 4.47. The Kier molecular flexibility index (Phi) is 1.90. The zero-order valence-corrected chi connectivity index (χ0v) is 11.3. The minimum absolute atomic E-state index is 0.316. The molecule has 0 unspecified atom stereocenters. The topological polar surface area (TPSA) is 20.2 Å².